The second-order valence-corrected chi connectivity index (χ2v) is 6.53. The zero-order valence-electron chi connectivity index (χ0n) is 16.3. The molecule has 19 heteroatoms. The van der Waals surface area contributed by atoms with Crippen LogP contribution in [0.25, 0.3) is 0 Å². The lowest BCUT2D eigenvalue weighted by Gasteiger charge is -2.43. The molecule has 0 heterocycles. The van der Waals surface area contributed by atoms with Gasteiger partial charge in [-0.2, -0.15) is 74.6 Å². The molecule has 2 nitrogen and oxygen atoms in total. The molecule has 0 aromatic carbocycles. The number of rotatable bonds is 11. The van der Waals surface area contributed by atoms with Crippen LogP contribution in [0.3, 0.4) is 0 Å². The molecule has 0 bridgehead atoms. The number of aliphatic hydroxyl groups is 1. The summed E-state index contributed by atoms with van der Waals surface area (Å²) in [6.07, 6.45) is -12.9. The molecule has 0 radical (unpaired) electrons. The van der Waals surface area contributed by atoms with Crippen molar-refractivity contribution in [3.05, 3.63) is 12.0 Å². The van der Waals surface area contributed by atoms with Crippen molar-refractivity contribution >= 4 is 0 Å². The zero-order valence-corrected chi connectivity index (χ0v) is 16.3. The van der Waals surface area contributed by atoms with Crippen LogP contribution in [0.1, 0.15) is 26.7 Å². The summed E-state index contributed by atoms with van der Waals surface area (Å²) in [5.41, 5.74) is 0. The van der Waals surface area contributed by atoms with Crippen LogP contribution in [-0.4, -0.2) is 58.8 Å². The highest BCUT2D eigenvalue weighted by Gasteiger charge is 2.95. The molecule has 0 saturated carbocycles. The van der Waals surface area contributed by atoms with Crippen LogP contribution >= 0.6 is 0 Å². The lowest BCUT2D eigenvalue weighted by atomic mass is 9.87. The second-order valence-electron chi connectivity index (χ2n) is 6.53. The summed E-state index contributed by atoms with van der Waals surface area (Å²) in [5, 5.41) is 9.06. The molecule has 1 atom stereocenters. The molecule has 0 aliphatic carbocycles. The molecule has 0 amide bonds. The molecule has 1 unspecified atom stereocenters. The van der Waals surface area contributed by atoms with Gasteiger partial charge in [0, 0.05) is 0 Å². The van der Waals surface area contributed by atoms with Crippen molar-refractivity contribution in [3.63, 3.8) is 0 Å². The van der Waals surface area contributed by atoms with E-state index in [9.17, 15) is 74.6 Å². The maximum Gasteiger partial charge on any atom is 0.460 e. The zero-order chi connectivity index (χ0) is 28.0. The summed E-state index contributed by atoms with van der Waals surface area (Å²) < 4.78 is 229. The van der Waals surface area contributed by atoms with Gasteiger partial charge in [0.1, 0.15) is 0 Å². The Hall–Kier alpha value is -1.85. The highest BCUT2D eigenvalue weighted by Crippen LogP contribution is 2.64. The first-order valence-electron chi connectivity index (χ1n) is 8.43. The number of halogens is 17. The van der Waals surface area contributed by atoms with Crippen LogP contribution in [0, 0.1) is 0 Å². The molecule has 0 rings (SSSR count). The lowest BCUT2D eigenvalue weighted by molar-refractivity contribution is -0.464. The van der Waals surface area contributed by atoms with E-state index in [1.807, 2.05) is 0 Å². The summed E-state index contributed by atoms with van der Waals surface area (Å²) >= 11 is 0. The maximum atomic E-state index is 14.0. The Morgan fingerprint density at radius 1 is 0.618 bits per heavy atom. The van der Waals surface area contributed by atoms with Crippen LogP contribution in [0.15, 0.2) is 12.0 Å². The maximum absolute atomic E-state index is 14.0. The molecule has 0 aliphatic heterocycles. The van der Waals surface area contributed by atoms with Gasteiger partial charge in [-0.25, -0.2) is 0 Å². The molecule has 0 aromatic rings. The summed E-state index contributed by atoms with van der Waals surface area (Å²) in [7, 11) is 0. The van der Waals surface area contributed by atoms with Crippen molar-refractivity contribution in [2.45, 2.75) is 80.4 Å². The number of ether oxygens (including phenoxy) is 1. The van der Waals surface area contributed by atoms with Crippen LogP contribution < -0.4 is 0 Å². The van der Waals surface area contributed by atoms with Crippen LogP contribution in [0.4, 0.5) is 74.6 Å². The number of hydrogen-bond acceptors (Lipinski definition) is 2. The highest BCUT2D eigenvalue weighted by molar-refractivity contribution is 5.16. The first kappa shape index (κ1) is 32.1. The Morgan fingerprint density at radius 2 is 0.941 bits per heavy atom. The summed E-state index contributed by atoms with van der Waals surface area (Å²) in [4.78, 5) is 0. The van der Waals surface area contributed by atoms with E-state index in [2.05, 4.69) is 4.74 Å². The second kappa shape index (κ2) is 8.98. The minimum atomic E-state index is -8.69. The van der Waals surface area contributed by atoms with E-state index in [-0.39, 0.29) is 6.42 Å². The van der Waals surface area contributed by atoms with Gasteiger partial charge in [-0.3, -0.25) is 0 Å². The lowest BCUT2D eigenvalue weighted by Crippen LogP contribution is -2.75. The Bertz CT molecular complexity index is 738. The number of aliphatic hydroxyl groups excluding tert-OH is 1. The number of hydrogen-bond donors (Lipinski definition) is 1. The van der Waals surface area contributed by atoms with E-state index in [4.69, 9.17) is 5.11 Å². The van der Waals surface area contributed by atoms with Crippen molar-refractivity contribution in [2.24, 2.45) is 0 Å². The summed E-state index contributed by atoms with van der Waals surface area (Å²) in [6, 6.07) is 0. The van der Waals surface area contributed by atoms with Gasteiger partial charge in [-0.05, 0) is 18.9 Å². The van der Waals surface area contributed by atoms with E-state index < -0.39 is 66.1 Å². The molecular formula is C15H13F17O2. The van der Waals surface area contributed by atoms with Crippen molar-refractivity contribution in [2.75, 3.05) is 0 Å². The Balaban J connectivity index is 6.78. The van der Waals surface area contributed by atoms with E-state index in [1.165, 1.54) is 6.92 Å². The molecule has 1 N–H and O–H groups in total. The quantitative estimate of drug-likeness (QED) is 0.213. The first-order valence-corrected chi connectivity index (χ1v) is 8.43. The Morgan fingerprint density at radius 3 is 1.24 bits per heavy atom. The van der Waals surface area contributed by atoms with Gasteiger partial charge in [-0.1, -0.05) is 13.8 Å². The molecule has 204 valence electrons. The third-order valence-electron chi connectivity index (χ3n) is 4.16. The topological polar surface area (TPSA) is 29.5 Å². The Kier molecular flexibility index (Phi) is 8.49. The van der Waals surface area contributed by atoms with E-state index in [0.717, 1.165) is 0 Å². The van der Waals surface area contributed by atoms with Crippen molar-refractivity contribution < 1.29 is 84.5 Å². The van der Waals surface area contributed by atoms with Gasteiger partial charge >= 0.3 is 47.6 Å². The molecule has 0 aliphatic rings. The predicted octanol–water partition coefficient (Wildman–Crippen LogP) is 7.60. The van der Waals surface area contributed by atoms with Crippen molar-refractivity contribution in [1.82, 2.24) is 0 Å². The summed E-state index contributed by atoms with van der Waals surface area (Å²) in [5.74, 6) is -58.8. The van der Waals surface area contributed by atoms with Crippen LogP contribution in [-0.2, 0) is 4.74 Å². The van der Waals surface area contributed by atoms with Gasteiger partial charge in [0.2, 0.25) is 0 Å². The number of allylic oxidation sites excluding steroid dienone is 1. The van der Waals surface area contributed by atoms with Gasteiger partial charge in [-0.15, -0.1) is 0 Å². The van der Waals surface area contributed by atoms with Crippen molar-refractivity contribution in [1.29, 1.82) is 0 Å². The fourth-order valence-electron chi connectivity index (χ4n) is 2.16. The summed E-state index contributed by atoms with van der Waals surface area (Å²) in [6.45, 7) is 1.60. The molecular weight excluding hydrogens is 535 g/mol. The number of alkyl halides is 17. The Labute approximate surface area is 178 Å². The van der Waals surface area contributed by atoms with Gasteiger partial charge in [0.05, 0.1) is 0 Å². The SMILES string of the molecule is CCC=C(O)OC(CC)C(F)(F)C(F)(F)C(F)(F)C(F)(F)C(F)(F)C(F)(F)C(F)(F)C(F)(F)F. The average molecular weight is 548 g/mol. The highest BCUT2D eigenvalue weighted by atomic mass is 19.4. The fourth-order valence-corrected chi connectivity index (χ4v) is 2.16. The van der Waals surface area contributed by atoms with Gasteiger partial charge < -0.3 is 9.84 Å². The van der Waals surface area contributed by atoms with Crippen LogP contribution in [0.5, 0.6) is 0 Å². The van der Waals surface area contributed by atoms with E-state index in [0.29, 0.717) is 13.0 Å². The van der Waals surface area contributed by atoms with Gasteiger partial charge in [0.15, 0.2) is 6.10 Å². The van der Waals surface area contributed by atoms with Gasteiger partial charge in [0.25, 0.3) is 5.95 Å². The van der Waals surface area contributed by atoms with E-state index >= 15 is 0 Å². The standard InChI is InChI=1S/C15H13F17O2/c1-3-5-7(33)34-6(4-2)8(16,17)9(18,19)10(20,21)11(22,23)12(24,25)13(26,27)14(28,29)15(30,31)32/h5-6,33H,3-4H2,1-2H3. The average Bonchev–Trinajstić information content (AvgIpc) is 2.64. The minimum Gasteiger partial charge on any atom is -0.481 e. The van der Waals surface area contributed by atoms with Crippen molar-refractivity contribution in [3.8, 4) is 0 Å². The predicted molar refractivity (Wildman–Crippen MR) is 76.9 cm³/mol. The molecule has 0 saturated heterocycles. The third kappa shape index (κ3) is 4.42. The monoisotopic (exact) mass is 548 g/mol. The smallest absolute Gasteiger partial charge is 0.460 e. The molecule has 0 aromatic heterocycles. The normalized spacial score (nSPS) is 17.1. The first-order chi connectivity index (χ1) is 14.7. The van der Waals surface area contributed by atoms with E-state index in [1.54, 1.807) is 0 Å². The third-order valence-corrected chi connectivity index (χ3v) is 4.16. The molecule has 0 spiro atoms. The fraction of sp³-hybridized carbons (Fsp3) is 0.867. The molecule has 0 fully saturated rings. The molecule has 34 heavy (non-hydrogen) atoms. The largest absolute Gasteiger partial charge is 0.481 e. The van der Waals surface area contributed by atoms with Crippen LogP contribution in [0.2, 0.25) is 0 Å². The minimum absolute atomic E-state index is 0.285.